The number of hydrogen-bond donors (Lipinski definition) is 19. The van der Waals surface area contributed by atoms with Crippen LogP contribution in [0.15, 0.2) is 0 Å². The summed E-state index contributed by atoms with van der Waals surface area (Å²) in [5.74, 6) is -5.49. The third kappa shape index (κ3) is 31.7. The Hall–Kier alpha value is -5.45. The molecule has 3 aliphatic heterocycles. The fourth-order valence-corrected chi connectivity index (χ4v) is 12.2. The Balaban J connectivity index is 1.38. The van der Waals surface area contributed by atoms with E-state index >= 15 is 0 Å². The molecule has 0 radical (unpaired) electrons. The van der Waals surface area contributed by atoms with Crippen molar-refractivity contribution in [1.82, 2.24) is 47.9 Å². The second-order valence-electron chi connectivity index (χ2n) is 27.7. The lowest BCUT2D eigenvalue weighted by Crippen LogP contribution is -2.64. The lowest BCUT2D eigenvalue weighted by molar-refractivity contribution is -0.270. The maximum Gasteiger partial charge on any atom is 0.245 e. The van der Waals surface area contributed by atoms with Crippen molar-refractivity contribution in [3.63, 3.8) is 0 Å². The van der Waals surface area contributed by atoms with Crippen LogP contribution in [0.5, 0.6) is 0 Å². The van der Waals surface area contributed by atoms with Crippen molar-refractivity contribution in [2.24, 2.45) is 11.8 Å². The van der Waals surface area contributed by atoms with Gasteiger partial charge in [-0.25, -0.2) is 0 Å². The summed E-state index contributed by atoms with van der Waals surface area (Å²) < 4.78 is 40.2. The zero-order valence-corrected chi connectivity index (χ0v) is 60.0. The summed E-state index contributed by atoms with van der Waals surface area (Å²) in [6.45, 7) is 8.35. The Morgan fingerprint density at radius 2 is 0.794 bits per heavy atom. The van der Waals surface area contributed by atoms with Gasteiger partial charge in [-0.2, -0.15) is 0 Å². The van der Waals surface area contributed by atoms with Crippen LogP contribution in [0.4, 0.5) is 0 Å². The zero-order valence-electron chi connectivity index (χ0n) is 60.0. The fraction of sp³-hybridized carbons (Fsp3) is 0.866. The van der Waals surface area contributed by atoms with Gasteiger partial charge in [0.15, 0.2) is 18.9 Å². The first kappa shape index (κ1) is 88.9. The molecule has 0 aromatic carbocycles. The molecule has 0 bridgehead atoms. The van der Waals surface area contributed by atoms with Gasteiger partial charge in [0.1, 0.15) is 91.2 Å². The number of amides is 9. The van der Waals surface area contributed by atoms with Crippen molar-refractivity contribution in [1.29, 1.82) is 0 Å². The summed E-state index contributed by atoms with van der Waals surface area (Å²) >= 11 is 0. The number of unbranched alkanes of at least 4 members (excludes halogenated alkanes) is 9. The monoisotopic (exact) mass is 1470 g/mol. The van der Waals surface area contributed by atoms with Crippen LogP contribution in [-0.2, 0) is 76.3 Å². The fourth-order valence-electron chi connectivity index (χ4n) is 12.2. The molecule has 0 aromatic rings. The van der Waals surface area contributed by atoms with Gasteiger partial charge < -0.3 is 132 Å². The molecule has 0 aromatic heterocycles. The molecule has 9 amide bonds. The quantitative estimate of drug-likeness (QED) is 0.0256. The number of aliphatic hydroxyl groups is 10. The highest BCUT2D eigenvalue weighted by Gasteiger charge is 2.48. The molecular weight excluding hydrogens is 1350 g/mol. The Kier molecular flexibility index (Phi) is 41.1. The van der Waals surface area contributed by atoms with Crippen LogP contribution in [0.2, 0.25) is 0 Å². The van der Waals surface area contributed by atoms with Crippen molar-refractivity contribution in [3.8, 4) is 0 Å². The number of rotatable bonds is 46. The Labute approximate surface area is 596 Å². The van der Waals surface area contributed by atoms with Crippen LogP contribution in [-0.4, -0.2) is 292 Å². The van der Waals surface area contributed by atoms with Crippen molar-refractivity contribution in [3.05, 3.63) is 0 Å². The first-order valence-electron chi connectivity index (χ1n) is 36.0. The zero-order chi connectivity index (χ0) is 75.5. The highest BCUT2D eigenvalue weighted by atomic mass is 16.7. The summed E-state index contributed by atoms with van der Waals surface area (Å²) in [5.41, 5.74) is -0.327. The van der Waals surface area contributed by atoms with Gasteiger partial charge in [0.05, 0.1) is 38.6 Å². The topological polar surface area (TPSA) is 529 Å². The number of aliphatic hydroxyl groups excluding tert-OH is 10. The van der Waals surface area contributed by atoms with E-state index in [9.17, 15) is 94.2 Å². The molecule has 3 saturated heterocycles. The highest BCUT2D eigenvalue weighted by molar-refractivity contribution is 5.93. The van der Waals surface area contributed by atoms with E-state index in [4.69, 9.17) is 33.2 Å². The Bertz CT molecular complexity index is 2540. The maximum atomic E-state index is 14.0. The molecule has 4 fully saturated rings. The van der Waals surface area contributed by atoms with Crippen LogP contribution in [0, 0.1) is 11.8 Å². The predicted octanol–water partition coefficient (Wildman–Crippen LogP) is -4.47. The van der Waals surface area contributed by atoms with E-state index in [1.807, 2.05) is 20.8 Å². The van der Waals surface area contributed by atoms with Gasteiger partial charge in [0.25, 0.3) is 0 Å². The molecule has 102 heavy (non-hydrogen) atoms. The van der Waals surface area contributed by atoms with E-state index in [-0.39, 0.29) is 70.2 Å². The van der Waals surface area contributed by atoms with E-state index in [0.29, 0.717) is 109 Å². The van der Waals surface area contributed by atoms with Gasteiger partial charge in [-0.1, -0.05) is 38.5 Å². The smallest absolute Gasteiger partial charge is 0.245 e. The maximum absolute atomic E-state index is 14.0. The van der Waals surface area contributed by atoms with Crippen LogP contribution in [0.3, 0.4) is 0 Å². The van der Waals surface area contributed by atoms with Gasteiger partial charge in [0, 0.05) is 79.0 Å². The molecule has 18 atom stereocenters. The molecule has 35 heteroatoms. The Morgan fingerprint density at radius 3 is 1.16 bits per heavy atom. The molecule has 4 aliphatic rings. The SMILES string of the molecule is CC(=O)NC1C(OCCCCCCNC(=O)CCC(NC(=O)CCC(NC(=O)C(CO)NC(=O)C2CCC(COC(C)(C)C)CC2)C(=O)NCCCCCCOC2OC(CO)C(O)C(O)C2NC(C)=O)C(=O)NCCCCCCOC2OC(CO)C(O)C(O)C2NC(C)=O)OC(CO)C(O)C1O. The average Bonchev–Trinajstić information content (AvgIpc) is 0.821. The molecular formula is C67H119N9O26. The van der Waals surface area contributed by atoms with Crippen LogP contribution < -0.4 is 47.9 Å². The molecule has 19 N–H and O–H groups in total. The van der Waals surface area contributed by atoms with Crippen LogP contribution in [0.1, 0.15) is 170 Å². The summed E-state index contributed by atoms with van der Waals surface area (Å²) in [6.07, 6.45) is -7.90. The summed E-state index contributed by atoms with van der Waals surface area (Å²) in [6, 6.07) is -7.43. The molecule has 0 spiro atoms. The molecule has 4 rings (SSSR count). The molecule has 18 unspecified atom stereocenters. The minimum absolute atomic E-state index is 0.102. The van der Waals surface area contributed by atoms with Gasteiger partial charge >= 0.3 is 0 Å². The number of hydrogen-bond acceptors (Lipinski definition) is 26. The lowest BCUT2D eigenvalue weighted by atomic mass is 9.82. The van der Waals surface area contributed by atoms with E-state index in [0.717, 1.165) is 0 Å². The highest BCUT2D eigenvalue weighted by Crippen LogP contribution is 2.31. The van der Waals surface area contributed by atoms with Crippen LogP contribution >= 0.6 is 0 Å². The normalized spacial score (nSPS) is 28.3. The number of nitrogens with one attached hydrogen (secondary N) is 9. The van der Waals surface area contributed by atoms with E-state index in [2.05, 4.69) is 47.9 Å². The number of ether oxygens (including phenoxy) is 7. The number of carbonyl (C=O) groups excluding carboxylic acids is 9. The lowest BCUT2D eigenvalue weighted by Gasteiger charge is -2.42. The van der Waals surface area contributed by atoms with Gasteiger partial charge in [0.2, 0.25) is 53.2 Å². The Morgan fingerprint density at radius 1 is 0.431 bits per heavy atom. The largest absolute Gasteiger partial charge is 0.394 e. The molecule has 3 heterocycles. The van der Waals surface area contributed by atoms with Gasteiger partial charge in [-0.05, 0) is 104 Å². The van der Waals surface area contributed by atoms with E-state index < -0.39 is 202 Å². The van der Waals surface area contributed by atoms with Crippen molar-refractivity contribution < 1.29 is 127 Å². The van der Waals surface area contributed by atoms with Crippen molar-refractivity contribution in [2.45, 2.75) is 286 Å². The first-order valence-corrected chi connectivity index (χ1v) is 36.0. The summed E-state index contributed by atoms with van der Waals surface area (Å²) in [4.78, 5) is 118. The van der Waals surface area contributed by atoms with Gasteiger partial charge in [-0.3, -0.25) is 43.2 Å². The predicted molar refractivity (Wildman–Crippen MR) is 361 cm³/mol. The van der Waals surface area contributed by atoms with Crippen molar-refractivity contribution >= 4 is 53.2 Å². The minimum Gasteiger partial charge on any atom is -0.394 e. The van der Waals surface area contributed by atoms with Gasteiger partial charge in [-0.15, -0.1) is 0 Å². The molecule has 1 aliphatic carbocycles. The first-order chi connectivity index (χ1) is 48.5. The van der Waals surface area contributed by atoms with E-state index in [1.54, 1.807) is 0 Å². The van der Waals surface area contributed by atoms with Crippen molar-refractivity contribution in [2.75, 3.05) is 72.5 Å². The average molecular weight is 1470 g/mol. The second-order valence-corrected chi connectivity index (χ2v) is 27.7. The second kappa shape index (κ2) is 47.2. The molecule has 588 valence electrons. The molecule has 1 saturated carbocycles. The van der Waals surface area contributed by atoms with Crippen LogP contribution in [0.25, 0.3) is 0 Å². The minimum atomic E-state index is -1.48. The summed E-state index contributed by atoms with van der Waals surface area (Å²) in [7, 11) is 0. The summed E-state index contributed by atoms with van der Waals surface area (Å²) in [5, 5.41) is 126. The molecule has 35 nitrogen and oxygen atoms in total. The van der Waals surface area contributed by atoms with E-state index in [1.165, 1.54) is 20.8 Å². The third-order valence-electron chi connectivity index (χ3n) is 18.1. The standard InChI is InChI=1S/C67H119N9O26/c1-38(81)71-51-57(89)54(86)46(34-78)100-64(51)96-30-16-10-7-13-27-68-49(84)25-23-43(61(93)69-28-14-8-11-17-31-97-65-52(72-39(2)82)58(90)55(87)47(35-79)101-65)74-50(85)26-24-44(75-63(95)45(33-77)76-60(92)42-21-19-41(20-22-42)37-99-67(4,5)6)62(94)70-29-15-9-12-18-32-98-66-53(73-40(3)83)59(91)56(88)48(36-80)102-66/h41-48,51-59,64-66,77-80,86-91H,7-37H2,1-6H3,(H,68,84)(H,69,93)(H,70,94)(H,71,81)(H,72,82)(H,73,83)(H,74,85)(H,75,95)(H,76,92). The number of carbonyl (C=O) groups is 9. The third-order valence-corrected chi connectivity index (χ3v) is 18.1.